The van der Waals surface area contributed by atoms with Crippen LogP contribution in [0.25, 0.3) is 0 Å². The topological polar surface area (TPSA) is 93.1 Å². The van der Waals surface area contributed by atoms with E-state index >= 15 is 0 Å². The molecular weight excluding hydrogens is 540 g/mol. The molecule has 0 aliphatic heterocycles. The molecule has 36 heavy (non-hydrogen) atoms. The molecule has 0 atom stereocenters. The third kappa shape index (κ3) is 4.99. The lowest BCUT2D eigenvalue weighted by molar-refractivity contribution is -0.389. The zero-order chi connectivity index (χ0) is 28.7. The fourth-order valence-electron chi connectivity index (χ4n) is 2.26. The molecule has 0 aromatic heterocycles. The first kappa shape index (κ1) is 30.8. The van der Waals surface area contributed by atoms with Crippen molar-refractivity contribution < 1.29 is 82.0 Å². The normalized spacial score (nSPS) is 13.7. The molecule has 0 heterocycles. The highest BCUT2D eigenvalue weighted by molar-refractivity contribution is 5.87. The summed E-state index contributed by atoms with van der Waals surface area (Å²) in [6, 6.07) is -1.57. The number of hydrogen-bond acceptors (Lipinski definition) is 6. The third-order valence-electron chi connectivity index (χ3n) is 4.07. The quantitative estimate of drug-likeness (QED) is 0.193. The average Bonchev–Trinajstić information content (AvgIpc) is 2.72. The van der Waals surface area contributed by atoms with Crippen LogP contribution in [0.15, 0.2) is 37.4 Å². The van der Waals surface area contributed by atoms with Crippen LogP contribution in [0.4, 0.5) is 52.7 Å². The summed E-state index contributed by atoms with van der Waals surface area (Å²) in [5.41, 5.74) is -5.52. The van der Waals surface area contributed by atoms with Gasteiger partial charge in [-0.05, 0) is 12.1 Å². The minimum absolute atomic E-state index is 0.00110. The van der Waals surface area contributed by atoms with Crippen molar-refractivity contribution in [1.29, 1.82) is 0 Å². The van der Waals surface area contributed by atoms with Crippen molar-refractivity contribution in [2.75, 3.05) is 0 Å². The maximum Gasteiger partial charge on any atom is 0.423 e. The van der Waals surface area contributed by atoms with Gasteiger partial charge in [-0.2, -0.15) is 52.7 Å². The molecule has 0 spiro atoms. The maximum absolute atomic E-state index is 14.4. The number of carbonyl (C=O) groups excluding carboxylic acids is 2. The van der Waals surface area contributed by atoms with Crippen LogP contribution < -0.4 is 9.47 Å². The lowest BCUT2D eigenvalue weighted by Gasteiger charge is -2.33. The number of halogens is 12. The first-order valence-electron chi connectivity index (χ1n) is 8.49. The summed E-state index contributed by atoms with van der Waals surface area (Å²) in [5, 5.41) is 16.4. The van der Waals surface area contributed by atoms with Gasteiger partial charge in [-0.1, -0.05) is 13.2 Å². The number of rotatable bonds is 10. The van der Waals surface area contributed by atoms with Gasteiger partial charge in [0.2, 0.25) is 0 Å². The SMILES string of the molecule is C=CC(=O)Oc1c(C(F)(F)C(F)(F)C(O)(F)F)ccc(C(F)(F)C(F)(F)C(O)(F)F)c1OC(=O)C=C. The molecule has 0 saturated carbocycles. The van der Waals surface area contributed by atoms with E-state index in [0.29, 0.717) is 0 Å². The number of benzene rings is 1. The van der Waals surface area contributed by atoms with Gasteiger partial charge in [-0.25, -0.2) is 9.59 Å². The van der Waals surface area contributed by atoms with Crippen LogP contribution in [0, 0.1) is 0 Å². The molecule has 1 aromatic carbocycles. The van der Waals surface area contributed by atoms with E-state index in [4.69, 9.17) is 10.2 Å². The van der Waals surface area contributed by atoms with Gasteiger partial charge < -0.3 is 19.7 Å². The van der Waals surface area contributed by atoms with Crippen molar-refractivity contribution in [3.8, 4) is 11.5 Å². The van der Waals surface area contributed by atoms with Gasteiger partial charge in [-0.15, -0.1) is 0 Å². The number of alkyl halides is 12. The Morgan fingerprint density at radius 1 is 0.639 bits per heavy atom. The Morgan fingerprint density at radius 2 is 0.889 bits per heavy atom. The summed E-state index contributed by atoms with van der Waals surface area (Å²) in [6.45, 7) is 5.38. The van der Waals surface area contributed by atoms with E-state index in [1.807, 2.05) is 0 Å². The number of esters is 2. The first-order valence-corrected chi connectivity index (χ1v) is 8.49. The van der Waals surface area contributed by atoms with E-state index in [9.17, 15) is 62.3 Å². The summed E-state index contributed by atoms with van der Waals surface area (Å²) in [6.07, 6.45) is -13.1. The predicted octanol–water partition coefficient (Wildman–Crippen LogP) is 4.49. The molecule has 0 amide bonds. The molecule has 0 bridgehead atoms. The van der Waals surface area contributed by atoms with E-state index in [1.54, 1.807) is 0 Å². The van der Waals surface area contributed by atoms with Crippen molar-refractivity contribution in [3.63, 3.8) is 0 Å². The van der Waals surface area contributed by atoms with Crippen molar-refractivity contribution in [3.05, 3.63) is 48.6 Å². The summed E-state index contributed by atoms with van der Waals surface area (Å²) < 4.78 is 172. The second-order valence-electron chi connectivity index (χ2n) is 6.45. The fraction of sp³-hybridized carbons (Fsp3) is 0.333. The molecule has 0 fully saturated rings. The van der Waals surface area contributed by atoms with Gasteiger partial charge in [0.15, 0.2) is 11.5 Å². The van der Waals surface area contributed by atoms with E-state index < -0.39 is 82.6 Å². The van der Waals surface area contributed by atoms with Gasteiger partial charge in [0.05, 0.1) is 11.1 Å². The number of aliphatic hydroxyl groups is 2. The van der Waals surface area contributed by atoms with E-state index in [1.165, 1.54) is 0 Å². The lowest BCUT2D eigenvalue weighted by Crippen LogP contribution is -2.53. The van der Waals surface area contributed by atoms with Crippen LogP contribution in [0.3, 0.4) is 0 Å². The Kier molecular flexibility index (Phi) is 7.95. The molecule has 202 valence electrons. The predicted molar refractivity (Wildman–Crippen MR) is 90.1 cm³/mol. The molecule has 0 saturated heterocycles. The largest absolute Gasteiger partial charge is 0.423 e. The zero-order valence-electron chi connectivity index (χ0n) is 16.8. The smallest absolute Gasteiger partial charge is 0.419 e. The highest BCUT2D eigenvalue weighted by atomic mass is 19.4. The molecule has 2 N–H and O–H groups in total. The van der Waals surface area contributed by atoms with E-state index in [-0.39, 0.29) is 12.2 Å². The Bertz CT molecular complexity index is 973. The number of ether oxygens (including phenoxy) is 2. The highest BCUT2D eigenvalue weighted by Gasteiger charge is 2.75. The van der Waals surface area contributed by atoms with Crippen LogP contribution in [-0.4, -0.2) is 46.2 Å². The van der Waals surface area contributed by atoms with E-state index in [0.717, 1.165) is 0 Å². The molecule has 18 heteroatoms. The molecule has 6 nitrogen and oxygen atoms in total. The molecule has 1 rings (SSSR count). The average molecular weight is 550 g/mol. The van der Waals surface area contributed by atoms with Gasteiger partial charge in [0.25, 0.3) is 0 Å². The van der Waals surface area contributed by atoms with Gasteiger partial charge in [0, 0.05) is 12.2 Å². The summed E-state index contributed by atoms with van der Waals surface area (Å²) in [4.78, 5) is 23.0. The second kappa shape index (κ2) is 9.30. The van der Waals surface area contributed by atoms with Crippen LogP contribution in [0.2, 0.25) is 0 Å². The standard InChI is InChI=1S/C18H10F12O6/c1-3-9(31)35-11-7(13(19,20)15(23,24)17(27,28)33)5-6-8(12(11)36-10(32)4-2)14(21,22)16(25,26)18(29,30)34/h3-6,33-34H,1-2H2. The Labute approximate surface area is 191 Å². The molecule has 0 radical (unpaired) electrons. The summed E-state index contributed by atoms with van der Waals surface area (Å²) in [5.74, 6) is -35.8. The second-order valence-corrected chi connectivity index (χ2v) is 6.45. The highest BCUT2D eigenvalue weighted by Crippen LogP contribution is 2.58. The van der Waals surface area contributed by atoms with Crippen molar-refractivity contribution in [2.45, 2.75) is 35.9 Å². The number of carbonyl (C=O) groups is 2. The maximum atomic E-state index is 14.4. The van der Waals surface area contributed by atoms with Crippen LogP contribution in [-0.2, 0) is 21.4 Å². The summed E-state index contributed by atoms with van der Waals surface area (Å²) >= 11 is 0. The van der Waals surface area contributed by atoms with Crippen molar-refractivity contribution in [1.82, 2.24) is 0 Å². The first-order chi connectivity index (χ1) is 15.9. The number of hydrogen-bond donors (Lipinski definition) is 2. The van der Waals surface area contributed by atoms with Gasteiger partial charge in [0.1, 0.15) is 0 Å². The molecule has 0 unspecified atom stereocenters. The van der Waals surface area contributed by atoms with Gasteiger partial charge in [-0.3, -0.25) is 0 Å². The zero-order valence-corrected chi connectivity index (χ0v) is 16.8. The minimum Gasteiger partial charge on any atom is -0.419 e. The third-order valence-corrected chi connectivity index (χ3v) is 4.07. The fourth-order valence-corrected chi connectivity index (χ4v) is 2.26. The van der Waals surface area contributed by atoms with Crippen molar-refractivity contribution >= 4 is 11.9 Å². The Hall–Kier alpha value is -3.28. The molecule has 0 aliphatic carbocycles. The van der Waals surface area contributed by atoms with Gasteiger partial charge >= 0.3 is 47.8 Å². The summed E-state index contributed by atoms with van der Waals surface area (Å²) in [7, 11) is 0. The lowest BCUT2D eigenvalue weighted by atomic mass is 9.93. The van der Waals surface area contributed by atoms with Crippen molar-refractivity contribution in [2.24, 2.45) is 0 Å². The van der Waals surface area contributed by atoms with Crippen LogP contribution in [0.1, 0.15) is 11.1 Å². The van der Waals surface area contributed by atoms with E-state index in [2.05, 4.69) is 22.6 Å². The minimum atomic E-state index is -6.85. The van der Waals surface area contributed by atoms with Crippen LogP contribution >= 0.6 is 0 Å². The molecular formula is C18H10F12O6. The monoisotopic (exact) mass is 550 g/mol. The molecule has 0 aliphatic rings. The van der Waals surface area contributed by atoms with Crippen LogP contribution in [0.5, 0.6) is 11.5 Å². The molecule has 1 aromatic rings. The Morgan fingerprint density at radius 3 is 1.08 bits per heavy atom. The Balaban J connectivity index is 4.27.